The van der Waals surface area contributed by atoms with E-state index in [0.717, 1.165) is 19.5 Å². The minimum atomic E-state index is -0.500. The van der Waals surface area contributed by atoms with Gasteiger partial charge >= 0.3 is 0 Å². The summed E-state index contributed by atoms with van der Waals surface area (Å²) >= 11 is 0. The SMILES string of the molecule is C=CN=C(C=C)COCC(O)CN1CCc2ccccc2C1. The van der Waals surface area contributed by atoms with Crippen LogP contribution in [0.4, 0.5) is 0 Å². The summed E-state index contributed by atoms with van der Waals surface area (Å²) < 4.78 is 5.49. The third-order valence-electron chi connectivity index (χ3n) is 3.73. The second-order valence-corrected chi connectivity index (χ2v) is 5.43. The lowest BCUT2D eigenvalue weighted by atomic mass is 10.00. The van der Waals surface area contributed by atoms with Gasteiger partial charge in [0.05, 0.1) is 25.0 Å². The molecule has 0 aliphatic carbocycles. The van der Waals surface area contributed by atoms with Crippen molar-refractivity contribution in [3.8, 4) is 0 Å². The van der Waals surface area contributed by atoms with Gasteiger partial charge in [0.2, 0.25) is 0 Å². The van der Waals surface area contributed by atoms with Crippen molar-refractivity contribution in [3.63, 3.8) is 0 Å². The van der Waals surface area contributed by atoms with E-state index in [1.54, 1.807) is 6.08 Å². The second-order valence-electron chi connectivity index (χ2n) is 5.43. The summed E-state index contributed by atoms with van der Waals surface area (Å²) in [5.41, 5.74) is 3.49. The van der Waals surface area contributed by atoms with Gasteiger partial charge in [0.25, 0.3) is 0 Å². The van der Waals surface area contributed by atoms with Crippen molar-refractivity contribution in [1.82, 2.24) is 4.90 Å². The Hall–Kier alpha value is -1.75. The zero-order chi connectivity index (χ0) is 15.8. The molecule has 0 spiro atoms. The zero-order valence-corrected chi connectivity index (χ0v) is 12.9. The number of benzene rings is 1. The third kappa shape index (κ3) is 4.91. The molecule has 22 heavy (non-hydrogen) atoms. The Balaban J connectivity index is 1.74. The molecule has 1 aromatic carbocycles. The fraction of sp³-hybridized carbons (Fsp3) is 0.389. The van der Waals surface area contributed by atoms with Crippen LogP contribution in [0.1, 0.15) is 11.1 Å². The van der Waals surface area contributed by atoms with Gasteiger partial charge in [-0.1, -0.05) is 37.4 Å². The van der Waals surface area contributed by atoms with Gasteiger partial charge < -0.3 is 9.84 Å². The van der Waals surface area contributed by atoms with Crippen LogP contribution in [0, 0.1) is 0 Å². The number of hydrogen-bond acceptors (Lipinski definition) is 4. The molecule has 4 heteroatoms. The maximum atomic E-state index is 10.1. The summed E-state index contributed by atoms with van der Waals surface area (Å²) in [7, 11) is 0. The van der Waals surface area contributed by atoms with E-state index in [1.165, 1.54) is 17.3 Å². The first-order valence-corrected chi connectivity index (χ1v) is 7.58. The standard InChI is InChI=1S/C18H24N2O2/c1-3-17(19-4-2)13-22-14-18(21)12-20-10-9-15-7-5-6-8-16(15)11-20/h3-8,18,21H,1-2,9-14H2. The second kappa shape index (κ2) is 8.63. The lowest BCUT2D eigenvalue weighted by molar-refractivity contribution is 0.0267. The Morgan fingerprint density at radius 2 is 2.14 bits per heavy atom. The van der Waals surface area contributed by atoms with E-state index in [1.807, 2.05) is 0 Å². The van der Waals surface area contributed by atoms with E-state index >= 15 is 0 Å². The minimum absolute atomic E-state index is 0.294. The topological polar surface area (TPSA) is 45.1 Å². The third-order valence-corrected chi connectivity index (χ3v) is 3.73. The fourth-order valence-corrected chi connectivity index (χ4v) is 2.63. The Morgan fingerprint density at radius 1 is 1.36 bits per heavy atom. The van der Waals surface area contributed by atoms with Gasteiger partial charge in [0.15, 0.2) is 0 Å². The minimum Gasteiger partial charge on any atom is -0.389 e. The molecule has 0 fully saturated rings. The molecular formula is C18H24N2O2. The van der Waals surface area contributed by atoms with Crippen molar-refractivity contribution in [3.05, 3.63) is 60.8 Å². The summed E-state index contributed by atoms with van der Waals surface area (Å²) in [5, 5.41) is 10.1. The molecule has 4 nitrogen and oxygen atoms in total. The van der Waals surface area contributed by atoms with Gasteiger partial charge in [0, 0.05) is 25.8 Å². The number of aliphatic hydroxyl groups excluding tert-OH is 1. The van der Waals surface area contributed by atoms with Gasteiger partial charge in [-0.15, -0.1) is 0 Å². The van der Waals surface area contributed by atoms with E-state index in [2.05, 4.69) is 47.3 Å². The van der Waals surface area contributed by atoms with E-state index in [9.17, 15) is 5.11 Å². The molecule has 1 N–H and O–H groups in total. The molecule has 1 atom stereocenters. The number of ether oxygens (including phenoxy) is 1. The molecule has 0 bridgehead atoms. The first-order chi connectivity index (χ1) is 10.7. The summed E-state index contributed by atoms with van der Waals surface area (Å²) in [6, 6.07) is 8.49. The highest BCUT2D eigenvalue weighted by Gasteiger charge is 2.18. The molecule has 1 aliphatic heterocycles. The van der Waals surface area contributed by atoms with Gasteiger partial charge in [-0.05, 0) is 23.6 Å². The number of β-amino-alcohol motifs (C(OH)–C–C–N with tert-alkyl or cyclic N) is 1. The van der Waals surface area contributed by atoms with Gasteiger partial charge in [0.1, 0.15) is 0 Å². The van der Waals surface area contributed by atoms with Crippen molar-refractivity contribution >= 4 is 5.71 Å². The van der Waals surface area contributed by atoms with Crippen LogP contribution < -0.4 is 0 Å². The molecule has 0 amide bonds. The van der Waals surface area contributed by atoms with Crippen LogP contribution in [-0.4, -0.2) is 48.1 Å². The van der Waals surface area contributed by atoms with Gasteiger partial charge in [-0.2, -0.15) is 0 Å². The lowest BCUT2D eigenvalue weighted by Crippen LogP contribution is -2.38. The Bertz CT molecular complexity index is 540. The van der Waals surface area contributed by atoms with Gasteiger partial charge in [-0.25, -0.2) is 0 Å². The van der Waals surface area contributed by atoms with Crippen molar-refractivity contribution in [2.24, 2.45) is 4.99 Å². The van der Waals surface area contributed by atoms with Crippen LogP contribution in [0.3, 0.4) is 0 Å². The highest BCUT2D eigenvalue weighted by Crippen LogP contribution is 2.18. The fourth-order valence-electron chi connectivity index (χ4n) is 2.63. The largest absolute Gasteiger partial charge is 0.389 e. The highest BCUT2D eigenvalue weighted by atomic mass is 16.5. The van der Waals surface area contributed by atoms with Crippen LogP contribution in [0.15, 0.2) is 54.7 Å². The van der Waals surface area contributed by atoms with Gasteiger partial charge in [-0.3, -0.25) is 9.89 Å². The van der Waals surface area contributed by atoms with E-state index in [-0.39, 0.29) is 0 Å². The van der Waals surface area contributed by atoms with Crippen molar-refractivity contribution in [1.29, 1.82) is 0 Å². The first kappa shape index (κ1) is 16.6. The number of aliphatic hydroxyl groups is 1. The molecule has 1 heterocycles. The summed E-state index contributed by atoms with van der Waals surface area (Å²) in [5.74, 6) is 0. The monoisotopic (exact) mass is 300 g/mol. The number of rotatable bonds is 8. The van der Waals surface area contributed by atoms with Crippen LogP contribution in [0.5, 0.6) is 0 Å². The molecule has 2 rings (SSSR count). The molecule has 0 radical (unpaired) electrons. The molecule has 118 valence electrons. The quantitative estimate of drug-likeness (QED) is 0.749. The van der Waals surface area contributed by atoms with E-state index < -0.39 is 6.10 Å². The number of hydrogen-bond donors (Lipinski definition) is 1. The summed E-state index contributed by atoms with van der Waals surface area (Å²) in [6.45, 7) is 10.3. The number of fused-ring (bicyclic) bond motifs is 1. The van der Waals surface area contributed by atoms with Crippen molar-refractivity contribution in [2.45, 2.75) is 19.1 Å². The number of nitrogens with zero attached hydrogens (tertiary/aromatic N) is 2. The molecule has 1 aromatic rings. The molecule has 0 aromatic heterocycles. The van der Waals surface area contributed by atoms with Crippen LogP contribution in [0.25, 0.3) is 0 Å². The Morgan fingerprint density at radius 3 is 2.86 bits per heavy atom. The Kier molecular flexibility index (Phi) is 6.52. The molecule has 0 saturated carbocycles. The predicted molar refractivity (Wildman–Crippen MR) is 90.1 cm³/mol. The van der Waals surface area contributed by atoms with Crippen LogP contribution in [0.2, 0.25) is 0 Å². The molecular weight excluding hydrogens is 276 g/mol. The predicted octanol–water partition coefficient (Wildman–Crippen LogP) is 2.19. The first-order valence-electron chi connectivity index (χ1n) is 7.58. The molecule has 1 aliphatic rings. The molecule has 1 unspecified atom stereocenters. The average Bonchev–Trinajstić information content (AvgIpc) is 2.54. The Labute approximate surface area is 132 Å². The maximum Gasteiger partial charge on any atom is 0.0900 e. The van der Waals surface area contributed by atoms with Crippen LogP contribution in [-0.2, 0) is 17.7 Å². The smallest absolute Gasteiger partial charge is 0.0900 e. The average molecular weight is 300 g/mol. The van der Waals surface area contributed by atoms with Crippen molar-refractivity contribution < 1.29 is 9.84 Å². The lowest BCUT2D eigenvalue weighted by Gasteiger charge is -2.30. The summed E-state index contributed by atoms with van der Waals surface area (Å²) in [6.07, 6.45) is 3.63. The highest BCUT2D eigenvalue weighted by molar-refractivity contribution is 5.95. The normalized spacial score (nSPS) is 16.9. The number of aliphatic imine (C=N–C) groups is 1. The maximum absolute atomic E-state index is 10.1. The summed E-state index contributed by atoms with van der Waals surface area (Å²) in [4.78, 5) is 6.29. The molecule has 0 saturated heterocycles. The zero-order valence-electron chi connectivity index (χ0n) is 12.9. The van der Waals surface area contributed by atoms with E-state index in [0.29, 0.717) is 25.5 Å². The van der Waals surface area contributed by atoms with E-state index in [4.69, 9.17) is 4.74 Å². The van der Waals surface area contributed by atoms with Crippen molar-refractivity contribution in [2.75, 3.05) is 26.3 Å². The van der Waals surface area contributed by atoms with Crippen LogP contribution >= 0.6 is 0 Å².